The van der Waals surface area contributed by atoms with Gasteiger partial charge in [-0.15, -0.1) is 0 Å². The van der Waals surface area contributed by atoms with E-state index in [1.165, 1.54) is 142 Å². The van der Waals surface area contributed by atoms with Gasteiger partial charge in [0.2, 0.25) is 0 Å². The van der Waals surface area contributed by atoms with Crippen molar-refractivity contribution < 1.29 is 32.8 Å². The zero-order valence-electron chi connectivity index (χ0n) is 26.8. The number of esters is 1. The monoisotopic (exact) mass is 607 g/mol. The predicted molar refractivity (Wildman–Crippen MR) is 169 cm³/mol. The van der Waals surface area contributed by atoms with E-state index in [0.717, 1.165) is 12.8 Å². The third-order valence-corrected chi connectivity index (χ3v) is 8.31. The van der Waals surface area contributed by atoms with Gasteiger partial charge in [-0.3, -0.25) is 13.8 Å². The SMILES string of the molecule is CCCCCCCCCCCCCCCCCCCCCCCCCOCC(COP(=O)(O)OCCN)OC(C)=O. The first kappa shape index (κ1) is 40.5. The maximum Gasteiger partial charge on any atom is 0.472 e. The van der Waals surface area contributed by atoms with Crippen molar-refractivity contribution >= 4 is 13.8 Å². The van der Waals surface area contributed by atoms with Crippen LogP contribution in [0.4, 0.5) is 0 Å². The minimum atomic E-state index is -4.22. The molecular formula is C32H66NO7P. The molecule has 246 valence electrons. The molecule has 0 aromatic heterocycles. The number of carbonyl (C=O) groups excluding carboxylic acids is 1. The quantitative estimate of drug-likeness (QED) is 0.0431. The van der Waals surface area contributed by atoms with E-state index >= 15 is 0 Å². The molecule has 0 bridgehead atoms. The lowest BCUT2D eigenvalue weighted by atomic mass is 10.0. The smallest absolute Gasteiger partial charge is 0.458 e. The largest absolute Gasteiger partial charge is 0.472 e. The second kappa shape index (κ2) is 30.9. The zero-order chi connectivity index (χ0) is 30.3. The Morgan fingerprint density at radius 3 is 1.39 bits per heavy atom. The number of carbonyl (C=O) groups is 1. The topological polar surface area (TPSA) is 117 Å². The van der Waals surface area contributed by atoms with E-state index in [1.807, 2.05) is 0 Å². The highest BCUT2D eigenvalue weighted by Crippen LogP contribution is 2.43. The zero-order valence-corrected chi connectivity index (χ0v) is 27.7. The van der Waals surface area contributed by atoms with Crippen LogP contribution in [0, 0.1) is 0 Å². The van der Waals surface area contributed by atoms with E-state index in [2.05, 4.69) is 11.4 Å². The molecule has 0 spiro atoms. The fourth-order valence-electron chi connectivity index (χ4n) is 4.94. The standard InChI is InChI=1S/C32H66NO7P/c1-3-4-5-6-7-8-9-10-11-12-13-14-15-16-17-18-19-20-21-22-23-24-25-27-37-29-32(40-31(2)34)30-39-41(35,36)38-28-26-33/h32H,3-30,33H2,1-2H3,(H,35,36). The summed E-state index contributed by atoms with van der Waals surface area (Å²) in [5.41, 5.74) is 5.25. The van der Waals surface area contributed by atoms with Gasteiger partial charge >= 0.3 is 13.8 Å². The Bertz CT molecular complexity index is 609. The molecule has 3 N–H and O–H groups in total. The van der Waals surface area contributed by atoms with E-state index < -0.39 is 19.9 Å². The van der Waals surface area contributed by atoms with Crippen molar-refractivity contribution in [3.8, 4) is 0 Å². The van der Waals surface area contributed by atoms with Crippen molar-refractivity contribution in [3.05, 3.63) is 0 Å². The normalized spacial score (nSPS) is 13.8. The number of phosphoric acid groups is 1. The summed E-state index contributed by atoms with van der Waals surface area (Å²) in [5.74, 6) is -0.502. The maximum atomic E-state index is 11.7. The van der Waals surface area contributed by atoms with E-state index in [-0.39, 0.29) is 26.4 Å². The number of rotatable bonds is 33. The maximum absolute atomic E-state index is 11.7. The highest BCUT2D eigenvalue weighted by Gasteiger charge is 2.24. The van der Waals surface area contributed by atoms with Crippen LogP contribution in [0.2, 0.25) is 0 Å². The minimum Gasteiger partial charge on any atom is -0.458 e. The molecular weight excluding hydrogens is 541 g/mol. The van der Waals surface area contributed by atoms with Crippen LogP contribution in [-0.2, 0) is 27.9 Å². The molecule has 2 atom stereocenters. The fourth-order valence-corrected chi connectivity index (χ4v) is 5.70. The molecule has 8 nitrogen and oxygen atoms in total. The second-order valence-corrected chi connectivity index (χ2v) is 12.9. The van der Waals surface area contributed by atoms with Gasteiger partial charge in [-0.05, 0) is 6.42 Å². The van der Waals surface area contributed by atoms with E-state index in [1.54, 1.807) is 0 Å². The Morgan fingerprint density at radius 2 is 1.02 bits per heavy atom. The molecule has 0 amide bonds. The molecule has 0 aromatic rings. The average molecular weight is 608 g/mol. The van der Waals surface area contributed by atoms with Gasteiger partial charge in [-0.1, -0.05) is 148 Å². The predicted octanol–water partition coefficient (Wildman–Crippen LogP) is 9.02. The van der Waals surface area contributed by atoms with Crippen LogP contribution in [0.1, 0.15) is 162 Å². The summed E-state index contributed by atoms with van der Waals surface area (Å²) in [6.45, 7) is 3.94. The third-order valence-electron chi connectivity index (χ3n) is 7.32. The van der Waals surface area contributed by atoms with Crippen LogP contribution < -0.4 is 5.73 Å². The van der Waals surface area contributed by atoms with E-state index in [9.17, 15) is 14.3 Å². The summed E-state index contributed by atoms with van der Waals surface area (Å²) in [7, 11) is -4.22. The van der Waals surface area contributed by atoms with Gasteiger partial charge in [0.15, 0.2) is 0 Å². The first-order valence-electron chi connectivity index (χ1n) is 17.0. The minimum absolute atomic E-state index is 0.0952. The van der Waals surface area contributed by atoms with Crippen molar-refractivity contribution in [2.24, 2.45) is 5.73 Å². The molecule has 9 heteroatoms. The molecule has 0 aliphatic carbocycles. The van der Waals surface area contributed by atoms with Crippen LogP contribution in [-0.4, -0.2) is 49.9 Å². The average Bonchev–Trinajstić information content (AvgIpc) is 2.94. The van der Waals surface area contributed by atoms with E-state index in [0.29, 0.717) is 6.61 Å². The van der Waals surface area contributed by atoms with Crippen LogP contribution in [0.3, 0.4) is 0 Å². The van der Waals surface area contributed by atoms with Crippen LogP contribution in [0.5, 0.6) is 0 Å². The highest BCUT2D eigenvalue weighted by atomic mass is 31.2. The summed E-state index contributed by atoms with van der Waals surface area (Å²) in [6.07, 6.45) is 30.5. The molecule has 0 fully saturated rings. The molecule has 2 unspecified atom stereocenters. The van der Waals surface area contributed by atoms with Gasteiger partial charge in [0.1, 0.15) is 6.10 Å². The van der Waals surface area contributed by atoms with Gasteiger partial charge in [0, 0.05) is 20.1 Å². The molecule has 0 aliphatic rings. The van der Waals surface area contributed by atoms with Crippen LogP contribution in [0.15, 0.2) is 0 Å². The van der Waals surface area contributed by atoms with Gasteiger partial charge in [-0.25, -0.2) is 4.57 Å². The highest BCUT2D eigenvalue weighted by molar-refractivity contribution is 7.47. The van der Waals surface area contributed by atoms with Gasteiger partial charge in [-0.2, -0.15) is 0 Å². The van der Waals surface area contributed by atoms with Gasteiger partial charge < -0.3 is 20.1 Å². The second-order valence-electron chi connectivity index (χ2n) is 11.5. The number of ether oxygens (including phenoxy) is 2. The van der Waals surface area contributed by atoms with Crippen molar-refractivity contribution in [1.29, 1.82) is 0 Å². The Morgan fingerprint density at radius 1 is 0.634 bits per heavy atom. The summed E-state index contributed by atoms with van der Waals surface area (Å²) >= 11 is 0. The van der Waals surface area contributed by atoms with Crippen molar-refractivity contribution in [2.45, 2.75) is 168 Å². The lowest BCUT2D eigenvalue weighted by Gasteiger charge is -2.19. The summed E-state index contributed by atoms with van der Waals surface area (Å²) in [5, 5.41) is 0. The summed E-state index contributed by atoms with van der Waals surface area (Å²) in [4.78, 5) is 20.8. The lowest BCUT2D eigenvalue weighted by molar-refractivity contribution is -0.151. The molecule has 0 heterocycles. The molecule has 0 aliphatic heterocycles. The third kappa shape index (κ3) is 32.3. The Labute approximate surface area is 252 Å². The van der Waals surface area contributed by atoms with E-state index in [4.69, 9.17) is 19.7 Å². The molecule has 0 saturated heterocycles. The fraction of sp³-hybridized carbons (Fsp3) is 0.969. The number of unbranched alkanes of at least 4 members (excludes halogenated alkanes) is 22. The van der Waals surface area contributed by atoms with Gasteiger partial charge in [0.05, 0.1) is 19.8 Å². The number of phosphoric ester groups is 1. The van der Waals surface area contributed by atoms with Crippen molar-refractivity contribution in [3.63, 3.8) is 0 Å². The Hall–Kier alpha value is -0.500. The Balaban J connectivity index is 3.42. The summed E-state index contributed by atoms with van der Waals surface area (Å²) < 4.78 is 32.0. The Kier molecular flexibility index (Phi) is 30.6. The molecule has 0 rings (SSSR count). The van der Waals surface area contributed by atoms with Gasteiger partial charge in [0.25, 0.3) is 0 Å². The molecule has 0 aromatic carbocycles. The van der Waals surface area contributed by atoms with Crippen molar-refractivity contribution in [1.82, 2.24) is 0 Å². The van der Waals surface area contributed by atoms with Crippen LogP contribution >= 0.6 is 7.82 Å². The number of hydrogen-bond donors (Lipinski definition) is 2. The lowest BCUT2D eigenvalue weighted by Crippen LogP contribution is -2.27. The van der Waals surface area contributed by atoms with Crippen LogP contribution in [0.25, 0.3) is 0 Å². The first-order valence-corrected chi connectivity index (χ1v) is 18.5. The number of nitrogens with two attached hydrogens (primary N) is 1. The first-order chi connectivity index (χ1) is 19.9. The number of hydrogen-bond acceptors (Lipinski definition) is 7. The molecule has 0 saturated carbocycles. The summed E-state index contributed by atoms with van der Waals surface area (Å²) in [6, 6.07) is 0. The molecule has 0 radical (unpaired) electrons. The molecule has 41 heavy (non-hydrogen) atoms. The van der Waals surface area contributed by atoms with Crippen molar-refractivity contribution in [2.75, 3.05) is 33.0 Å².